The van der Waals surface area contributed by atoms with E-state index in [0.717, 1.165) is 47.2 Å². The lowest BCUT2D eigenvalue weighted by Gasteiger charge is -2.21. The number of rotatable bonds is 12. The van der Waals surface area contributed by atoms with Crippen LogP contribution >= 0.6 is 0 Å². The van der Waals surface area contributed by atoms with Gasteiger partial charge in [-0.1, -0.05) is 74.0 Å². The third-order valence-electron chi connectivity index (χ3n) is 7.69. The van der Waals surface area contributed by atoms with Crippen LogP contribution in [0.1, 0.15) is 75.7 Å². The van der Waals surface area contributed by atoms with Crippen LogP contribution in [0.5, 0.6) is 0 Å². The molecule has 41 heavy (non-hydrogen) atoms. The third-order valence-corrected chi connectivity index (χ3v) is 7.69. The molecule has 0 fully saturated rings. The SMILES string of the molecule is CCCCc1c(Cc2ccc(-c3ccccc3-c3noc(=O)[nH]3)cc2)c(=O)n(C(C)CCC(O)CC)c2ncnn12. The number of unbranched alkanes of at least 4 members (excludes halogenated alkanes) is 1. The van der Waals surface area contributed by atoms with E-state index in [0.29, 0.717) is 42.8 Å². The van der Waals surface area contributed by atoms with E-state index in [4.69, 9.17) is 4.52 Å². The second-order valence-electron chi connectivity index (χ2n) is 10.5. The van der Waals surface area contributed by atoms with Crippen LogP contribution in [-0.2, 0) is 12.8 Å². The number of aliphatic hydroxyl groups is 1. The monoisotopic (exact) mass is 556 g/mol. The number of benzene rings is 2. The molecule has 0 aliphatic heterocycles. The molecular formula is C31H36N6O4. The fraction of sp³-hybridized carbons (Fsp3) is 0.387. The Morgan fingerprint density at radius 3 is 2.46 bits per heavy atom. The van der Waals surface area contributed by atoms with Gasteiger partial charge in [-0.2, -0.15) is 10.1 Å². The Labute approximate surface area is 237 Å². The van der Waals surface area contributed by atoms with E-state index in [9.17, 15) is 14.7 Å². The van der Waals surface area contributed by atoms with Crippen molar-refractivity contribution >= 4 is 5.78 Å². The average Bonchev–Trinajstić information content (AvgIpc) is 3.65. The Hall–Kier alpha value is -4.31. The van der Waals surface area contributed by atoms with Crippen LogP contribution in [0, 0.1) is 0 Å². The quantitative estimate of drug-likeness (QED) is 0.222. The maximum atomic E-state index is 14.1. The second kappa shape index (κ2) is 12.5. The molecule has 2 aromatic carbocycles. The second-order valence-corrected chi connectivity index (χ2v) is 10.5. The minimum Gasteiger partial charge on any atom is -0.393 e. The van der Waals surface area contributed by atoms with Crippen LogP contribution in [0.15, 0.2) is 69.0 Å². The maximum absolute atomic E-state index is 14.1. The summed E-state index contributed by atoms with van der Waals surface area (Å²) < 4.78 is 8.27. The highest BCUT2D eigenvalue weighted by molar-refractivity contribution is 5.80. The highest BCUT2D eigenvalue weighted by Gasteiger charge is 2.22. The lowest BCUT2D eigenvalue weighted by atomic mass is 9.96. The molecule has 2 unspecified atom stereocenters. The number of hydrogen-bond donors (Lipinski definition) is 2. The van der Waals surface area contributed by atoms with Gasteiger partial charge in [0.15, 0.2) is 5.82 Å². The molecule has 5 rings (SSSR count). The van der Waals surface area contributed by atoms with Gasteiger partial charge in [-0.05, 0) is 55.7 Å². The Morgan fingerprint density at radius 2 is 1.78 bits per heavy atom. The van der Waals surface area contributed by atoms with Crippen LogP contribution in [0.2, 0.25) is 0 Å². The van der Waals surface area contributed by atoms with Gasteiger partial charge >= 0.3 is 5.76 Å². The number of aromatic amines is 1. The van der Waals surface area contributed by atoms with Crippen LogP contribution in [0.4, 0.5) is 0 Å². The summed E-state index contributed by atoms with van der Waals surface area (Å²) in [6.07, 6.45) is 6.19. The Morgan fingerprint density at radius 1 is 1.02 bits per heavy atom. The molecule has 0 saturated heterocycles. The molecule has 2 N–H and O–H groups in total. The molecule has 2 atom stereocenters. The summed E-state index contributed by atoms with van der Waals surface area (Å²) in [5.74, 6) is 0.314. The number of aromatic nitrogens is 6. The topological polar surface area (TPSA) is 131 Å². The van der Waals surface area contributed by atoms with Crippen molar-refractivity contribution in [3.63, 3.8) is 0 Å². The number of H-pyrrole nitrogens is 1. The summed E-state index contributed by atoms with van der Waals surface area (Å²) in [4.78, 5) is 32.7. The van der Waals surface area contributed by atoms with Crippen LogP contribution in [0.25, 0.3) is 28.3 Å². The first-order valence-electron chi connectivity index (χ1n) is 14.3. The molecule has 0 bridgehead atoms. The van der Waals surface area contributed by atoms with Crippen molar-refractivity contribution in [1.29, 1.82) is 0 Å². The fourth-order valence-electron chi connectivity index (χ4n) is 5.31. The predicted molar refractivity (Wildman–Crippen MR) is 157 cm³/mol. The molecule has 0 spiro atoms. The van der Waals surface area contributed by atoms with E-state index in [1.165, 1.54) is 6.33 Å². The van der Waals surface area contributed by atoms with E-state index in [-0.39, 0.29) is 11.6 Å². The summed E-state index contributed by atoms with van der Waals surface area (Å²) in [7, 11) is 0. The number of aliphatic hydroxyl groups excluding tert-OH is 1. The zero-order valence-electron chi connectivity index (χ0n) is 23.7. The van der Waals surface area contributed by atoms with Crippen molar-refractivity contribution in [3.8, 4) is 22.5 Å². The van der Waals surface area contributed by atoms with E-state index in [1.54, 1.807) is 4.57 Å². The number of hydrogen-bond acceptors (Lipinski definition) is 7. The smallest absolute Gasteiger partial charge is 0.393 e. The molecular weight excluding hydrogens is 520 g/mol. The van der Waals surface area contributed by atoms with Crippen LogP contribution in [-0.4, -0.2) is 40.5 Å². The molecule has 3 heterocycles. The molecule has 0 saturated carbocycles. The van der Waals surface area contributed by atoms with Crippen LogP contribution < -0.4 is 11.3 Å². The number of aryl methyl sites for hydroxylation is 1. The third kappa shape index (κ3) is 5.92. The standard InChI is InChI=1S/C31H36N6O4/c1-4-6-11-27-26(29(39)36(30-32-19-33-37(27)30)20(3)12-17-23(38)5-2)18-21-13-15-22(16-14-21)24-9-7-8-10-25(24)28-34-31(40)41-35-28/h7-10,13-16,19-20,23,38H,4-6,11-12,17-18H2,1-3H3,(H,34,35,40). The van der Waals surface area contributed by atoms with Crippen molar-refractivity contribution < 1.29 is 9.63 Å². The molecule has 5 aromatic rings. The van der Waals surface area contributed by atoms with Crippen molar-refractivity contribution in [3.05, 3.63) is 92.6 Å². The largest absolute Gasteiger partial charge is 0.439 e. The van der Waals surface area contributed by atoms with Crippen molar-refractivity contribution in [2.24, 2.45) is 0 Å². The van der Waals surface area contributed by atoms with Crippen molar-refractivity contribution in [2.45, 2.75) is 77.9 Å². The van der Waals surface area contributed by atoms with E-state index in [1.807, 2.05) is 66.9 Å². The van der Waals surface area contributed by atoms with Gasteiger partial charge in [-0.3, -0.25) is 18.9 Å². The maximum Gasteiger partial charge on any atom is 0.439 e. The molecule has 0 aliphatic rings. The minimum absolute atomic E-state index is 0.0560. The lowest BCUT2D eigenvalue weighted by Crippen LogP contribution is -2.32. The Bertz CT molecular complexity index is 1730. The number of fused-ring (bicyclic) bond motifs is 1. The van der Waals surface area contributed by atoms with Gasteiger partial charge in [0.1, 0.15) is 6.33 Å². The molecule has 10 nitrogen and oxygen atoms in total. The average molecular weight is 557 g/mol. The van der Waals surface area contributed by atoms with Crippen molar-refractivity contribution in [1.82, 2.24) is 29.3 Å². The van der Waals surface area contributed by atoms with Gasteiger partial charge < -0.3 is 5.11 Å². The summed E-state index contributed by atoms with van der Waals surface area (Å²) in [6.45, 7) is 6.09. The molecule has 0 amide bonds. The fourth-order valence-corrected chi connectivity index (χ4v) is 5.31. The number of nitrogens with one attached hydrogen (secondary N) is 1. The highest BCUT2D eigenvalue weighted by Crippen LogP contribution is 2.30. The highest BCUT2D eigenvalue weighted by atomic mass is 16.5. The van der Waals surface area contributed by atoms with Gasteiger partial charge in [-0.25, -0.2) is 9.31 Å². The van der Waals surface area contributed by atoms with Gasteiger partial charge in [0.25, 0.3) is 5.56 Å². The molecule has 10 heteroatoms. The summed E-state index contributed by atoms with van der Waals surface area (Å²) in [5, 5.41) is 18.5. The Balaban J connectivity index is 1.52. The summed E-state index contributed by atoms with van der Waals surface area (Å²) in [6, 6.07) is 15.6. The molecule has 214 valence electrons. The van der Waals surface area contributed by atoms with E-state index >= 15 is 0 Å². The van der Waals surface area contributed by atoms with E-state index < -0.39 is 11.9 Å². The molecule has 0 aliphatic carbocycles. The van der Waals surface area contributed by atoms with Gasteiger partial charge in [-0.15, -0.1) is 0 Å². The molecule has 3 aromatic heterocycles. The van der Waals surface area contributed by atoms with Gasteiger partial charge in [0.2, 0.25) is 5.78 Å². The zero-order valence-corrected chi connectivity index (χ0v) is 23.7. The van der Waals surface area contributed by atoms with Crippen LogP contribution in [0.3, 0.4) is 0 Å². The summed E-state index contributed by atoms with van der Waals surface area (Å²) >= 11 is 0. The first kappa shape index (κ1) is 28.2. The normalized spacial score (nSPS) is 13.1. The first-order chi connectivity index (χ1) is 19.9. The zero-order chi connectivity index (χ0) is 28.9. The Kier molecular flexibility index (Phi) is 8.58. The van der Waals surface area contributed by atoms with E-state index in [2.05, 4.69) is 27.1 Å². The summed E-state index contributed by atoms with van der Waals surface area (Å²) in [5.41, 5.74) is 5.16. The van der Waals surface area contributed by atoms with Gasteiger partial charge in [0.05, 0.1) is 11.8 Å². The van der Waals surface area contributed by atoms with Crippen molar-refractivity contribution in [2.75, 3.05) is 0 Å². The minimum atomic E-state index is -0.602. The number of nitrogens with zero attached hydrogens (tertiary/aromatic N) is 5. The predicted octanol–water partition coefficient (Wildman–Crippen LogP) is 4.95. The first-order valence-corrected chi connectivity index (χ1v) is 14.3. The lowest BCUT2D eigenvalue weighted by molar-refractivity contribution is 0.151. The van der Waals surface area contributed by atoms with Gasteiger partial charge in [0, 0.05) is 23.6 Å². The molecule has 0 radical (unpaired) electrons.